The molecule has 1 nitrogen and oxygen atoms in total. The summed E-state index contributed by atoms with van der Waals surface area (Å²) in [4.78, 5) is 0. The van der Waals surface area contributed by atoms with Gasteiger partial charge in [-0.05, 0) is 30.4 Å². The lowest BCUT2D eigenvalue weighted by molar-refractivity contribution is 0.728. The van der Waals surface area contributed by atoms with Gasteiger partial charge >= 0.3 is 0 Å². The van der Waals surface area contributed by atoms with Crippen molar-refractivity contribution in [3.63, 3.8) is 0 Å². The van der Waals surface area contributed by atoms with Gasteiger partial charge in [0.1, 0.15) is 0 Å². The van der Waals surface area contributed by atoms with E-state index < -0.39 is 0 Å². The maximum Gasteiger partial charge on any atom is 0.0508 e. The van der Waals surface area contributed by atoms with Crippen LogP contribution >= 0.6 is 0 Å². The van der Waals surface area contributed by atoms with E-state index in [1.165, 1.54) is 5.56 Å². The number of nitrogens with two attached hydrogens (primary N) is 1. The van der Waals surface area contributed by atoms with Gasteiger partial charge in [0.05, 0.1) is 6.04 Å². The van der Waals surface area contributed by atoms with Gasteiger partial charge in [0.2, 0.25) is 0 Å². The van der Waals surface area contributed by atoms with Crippen molar-refractivity contribution in [2.24, 2.45) is 5.73 Å². The first-order valence-corrected chi connectivity index (χ1v) is 6.79. The molecular weight excluding hydrogens is 230 g/mol. The van der Waals surface area contributed by atoms with Crippen LogP contribution in [0.25, 0.3) is 0 Å². The summed E-state index contributed by atoms with van der Waals surface area (Å²) >= 11 is 0. The highest BCUT2D eigenvalue weighted by Gasteiger charge is 2.08. The van der Waals surface area contributed by atoms with Crippen LogP contribution < -0.4 is 5.73 Å². The molecule has 1 atom stereocenters. The first-order chi connectivity index (χ1) is 9.27. The Morgan fingerprint density at radius 1 is 0.947 bits per heavy atom. The first-order valence-electron chi connectivity index (χ1n) is 6.79. The summed E-state index contributed by atoms with van der Waals surface area (Å²) < 4.78 is 0. The van der Waals surface area contributed by atoms with Crippen LogP contribution in [0.15, 0.2) is 72.8 Å². The quantitative estimate of drug-likeness (QED) is 0.762. The molecule has 19 heavy (non-hydrogen) atoms. The van der Waals surface area contributed by atoms with Gasteiger partial charge in [-0.15, -0.1) is 0 Å². The molecular formula is C18H21N. The number of rotatable bonds is 6. The molecule has 1 heteroatoms. The predicted octanol–water partition coefficient (Wildman–Crippen LogP) is 4.27. The maximum absolute atomic E-state index is 6.22. The topological polar surface area (TPSA) is 26.0 Å². The molecule has 0 bridgehead atoms. The lowest BCUT2D eigenvalue weighted by atomic mass is 9.96. The minimum atomic E-state index is -0.0445. The van der Waals surface area contributed by atoms with Gasteiger partial charge in [0, 0.05) is 0 Å². The molecule has 0 spiro atoms. The van der Waals surface area contributed by atoms with Crippen LogP contribution in [-0.2, 0) is 6.42 Å². The van der Waals surface area contributed by atoms with Gasteiger partial charge in [0.25, 0.3) is 0 Å². The van der Waals surface area contributed by atoms with Gasteiger partial charge in [0.15, 0.2) is 0 Å². The van der Waals surface area contributed by atoms with Crippen molar-refractivity contribution >= 4 is 0 Å². The molecule has 1 unspecified atom stereocenters. The summed E-state index contributed by atoms with van der Waals surface area (Å²) in [6, 6.07) is 20.7. The average Bonchev–Trinajstić information content (AvgIpc) is 2.48. The van der Waals surface area contributed by atoms with Crippen LogP contribution in [0.4, 0.5) is 0 Å². The largest absolute Gasteiger partial charge is 0.321 e. The highest BCUT2D eigenvalue weighted by atomic mass is 14.6. The normalized spacial score (nSPS) is 12.1. The molecule has 0 saturated heterocycles. The van der Waals surface area contributed by atoms with Crippen LogP contribution in [0.3, 0.4) is 0 Å². The lowest BCUT2D eigenvalue weighted by Crippen LogP contribution is -2.12. The van der Waals surface area contributed by atoms with Crippen LogP contribution in [0.1, 0.15) is 30.0 Å². The first kappa shape index (κ1) is 13.6. The van der Waals surface area contributed by atoms with Crippen molar-refractivity contribution in [1.82, 2.24) is 0 Å². The van der Waals surface area contributed by atoms with E-state index in [4.69, 9.17) is 5.73 Å². The Hall–Kier alpha value is -1.86. The molecule has 0 aliphatic carbocycles. The van der Waals surface area contributed by atoms with Crippen molar-refractivity contribution in [3.05, 3.63) is 83.9 Å². The molecule has 98 valence electrons. The van der Waals surface area contributed by atoms with Gasteiger partial charge < -0.3 is 5.73 Å². The number of benzene rings is 2. The third-order valence-corrected chi connectivity index (χ3v) is 3.40. The summed E-state index contributed by atoms with van der Waals surface area (Å²) in [5.41, 5.74) is 9.86. The highest BCUT2D eigenvalue weighted by Crippen LogP contribution is 2.21. The lowest BCUT2D eigenvalue weighted by Gasteiger charge is -2.15. The van der Waals surface area contributed by atoms with E-state index >= 15 is 0 Å². The van der Waals surface area contributed by atoms with E-state index in [1.807, 2.05) is 24.3 Å². The van der Waals surface area contributed by atoms with Gasteiger partial charge in [-0.25, -0.2) is 0 Å². The summed E-state index contributed by atoms with van der Waals surface area (Å²) in [6.45, 7) is 4.14. The van der Waals surface area contributed by atoms with Gasteiger partial charge in [-0.2, -0.15) is 0 Å². The Morgan fingerprint density at radius 3 is 2.16 bits per heavy atom. The fourth-order valence-electron chi connectivity index (χ4n) is 2.22. The molecule has 2 N–H and O–H groups in total. The zero-order chi connectivity index (χ0) is 13.5. The predicted molar refractivity (Wildman–Crippen MR) is 81.9 cm³/mol. The summed E-state index contributed by atoms with van der Waals surface area (Å²) in [5, 5.41) is 0. The number of hydrogen-bond donors (Lipinski definition) is 1. The van der Waals surface area contributed by atoms with E-state index in [1.54, 1.807) is 0 Å². The van der Waals surface area contributed by atoms with Crippen LogP contribution in [0, 0.1) is 0 Å². The summed E-state index contributed by atoms with van der Waals surface area (Å²) in [5.74, 6) is 0. The third-order valence-electron chi connectivity index (χ3n) is 3.40. The van der Waals surface area contributed by atoms with Crippen LogP contribution in [0.2, 0.25) is 0 Å². The van der Waals surface area contributed by atoms with Crippen molar-refractivity contribution in [2.75, 3.05) is 0 Å². The van der Waals surface area contributed by atoms with Crippen LogP contribution in [-0.4, -0.2) is 0 Å². The molecule has 0 aliphatic heterocycles. The molecule has 0 radical (unpaired) electrons. The second-order valence-corrected chi connectivity index (χ2v) is 4.89. The maximum atomic E-state index is 6.22. The van der Waals surface area contributed by atoms with Crippen molar-refractivity contribution in [2.45, 2.75) is 25.3 Å². The molecule has 0 fully saturated rings. The fourth-order valence-corrected chi connectivity index (χ4v) is 2.22. The smallest absolute Gasteiger partial charge is 0.0508 e. The highest BCUT2D eigenvalue weighted by molar-refractivity contribution is 5.26. The van der Waals surface area contributed by atoms with Gasteiger partial charge in [-0.3, -0.25) is 0 Å². The van der Waals surface area contributed by atoms with E-state index in [9.17, 15) is 0 Å². The molecule has 0 heterocycles. The molecule has 2 aromatic carbocycles. The Morgan fingerprint density at radius 2 is 1.53 bits per heavy atom. The van der Waals surface area contributed by atoms with Crippen molar-refractivity contribution in [3.8, 4) is 0 Å². The SMILES string of the molecule is C=C(CCCc1ccccc1)C(N)c1ccccc1. The van der Waals surface area contributed by atoms with E-state index in [0.717, 1.165) is 30.4 Å². The van der Waals surface area contributed by atoms with E-state index in [-0.39, 0.29) is 6.04 Å². The minimum Gasteiger partial charge on any atom is -0.321 e. The third kappa shape index (κ3) is 4.08. The van der Waals surface area contributed by atoms with Gasteiger partial charge in [-0.1, -0.05) is 72.8 Å². The standard InChI is InChI=1S/C18H21N/c1-15(18(19)17-13-6-3-7-14-17)9-8-12-16-10-4-2-5-11-16/h2-7,10-11,13-14,18H,1,8-9,12,19H2. The van der Waals surface area contributed by atoms with E-state index in [0.29, 0.717) is 0 Å². The molecule has 0 aliphatic rings. The van der Waals surface area contributed by atoms with Crippen molar-refractivity contribution in [1.29, 1.82) is 0 Å². The minimum absolute atomic E-state index is 0.0445. The van der Waals surface area contributed by atoms with Crippen molar-refractivity contribution < 1.29 is 0 Å². The monoisotopic (exact) mass is 251 g/mol. The second-order valence-electron chi connectivity index (χ2n) is 4.89. The Balaban J connectivity index is 1.82. The molecule has 2 rings (SSSR count). The molecule has 0 aromatic heterocycles. The summed E-state index contributed by atoms with van der Waals surface area (Å²) in [7, 11) is 0. The Kier molecular flexibility index (Phi) is 4.93. The molecule has 2 aromatic rings. The summed E-state index contributed by atoms with van der Waals surface area (Å²) in [6.07, 6.45) is 3.16. The zero-order valence-corrected chi connectivity index (χ0v) is 11.3. The van der Waals surface area contributed by atoms with Crippen LogP contribution in [0.5, 0.6) is 0 Å². The second kappa shape index (κ2) is 6.91. The Bertz CT molecular complexity index is 502. The number of hydrogen-bond acceptors (Lipinski definition) is 1. The zero-order valence-electron chi connectivity index (χ0n) is 11.3. The fraction of sp³-hybridized carbons (Fsp3) is 0.222. The molecule has 0 amide bonds. The average molecular weight is 251 g/mol. The Labute approximate surface area is 115 Å². The van der Waals surface area contributed by atoms with E-state index in [2.05, 4.69) is 43.0 Å². The molecule has 0 saturated carbocycles. The number of aryl methyl sites for hydroxylation is 1.